The molecule has 1 fully saturated rings. The summed E-state index contributed by atoms with van der Waals surface area (Å²) in [5.74, 6) is 0.827. The highest BCUT2D eigenvalue weighted by Crippen LogP contribution is 2.10. The van der Waals surface area contributed by atoms with Gasteiger partial charge in [0, 0.05) is 19.3 Å². The van der Waals surface area contributed by atoms with Crippen molar-refractivity contribution in [2.75, 3.05) is 33.2 Å². The molecule has 1 unspecified atom stereocenters. The zero-order valence-corrected chi connectivity index (χ0v) is 11.0. The van der Waals surface area contributed by atoms with E-state index < -0.39 is 0 Å². The minimum Gasteiger partial charge on any atom is -0.316 e. The molecule has 1 aliphatic rings. The summed E-state index contributed by atoms with van der Waals surface area (Å²) in [5, 5.41) is 7.79. The second-order valence-electron chi connectivity index (χ2n) is 5.26. The number of nitrogens with zero attached hydrogens (tertiary/aromatic N) is 3. The van der Waals surface area contributed by atoms with E-state index in [9.17, 15) is 0 Å². The van der Waals surface area contributed by atoms with Gasteiger partial charge in [-0.2, -0.15) is 5.10 Å². The summed E-state index contributed by atoms with van der Waals surface area (Å²) in [7, 11) is 2.21. The highest BCUT2D eigenvalue weighted by molar-refractivity contribution is 4.99. The zero-order valence-electron chi connectivity index (χ0n) is 11.0. The monoisotopic (exact) mass is 236 g/mol. The molecule has 17 heavy (non-hydrogen) atoms. The average molecular weight is 236 g/mol. The molecule has 4 heteroatoms. The predicted molar refractivity (Wildman–Crippen MR) is 70.1 cm³/mol. The third kappa shape index (κ3) is 4.13. The van der Waals surface area contributed by atoms with Crippen LogP contribution >= 0.6 is 0 Å². The van der Waals surface area contributed by atoms with Gasteiger partial charge in [-0.1, -0.05) is 0 Å². The van der Waals surface area contributed by atoms with Gasteiger partial charge in [-0.3, -0.25) is 4.68 Å². The normalized spacial score (nSPS) is 21.0. The van der Waals surface area contributed by atoms with Gasteiger partial charge in [-0.25, -0.2) is 0 Å². The molecule has 1 aromatic heterocycles. The molecule has 1 saturated heterocycles. The van der Waals surface area contributed by atoms with Crippen molar-refractivity contribution in [3.63, 3.8) is 0 Å². The summed E-state index contributed by atoms with van der Waals surface area (Å²) in [6, 6.07) is 0. The van der Waals surface area contributed by atoms with Crippen LogP contribution in [0.3, 0.4) is 0 Å². The van der Waals surface area contributed by atoms with E-state index in [0.29, 0.717) is 0 Å². The van der Waals surface area contributed by atoms with Gasteiger partial charge in [0.1, 0.15) is 0 Å². The third-order valence-corrected chi connectivity index (χ3v) is 3.44. The Balaban J connectivity index is 1.68. The first kappa shape index (κ1) is 12.6. The summed E-state index contributed by atoms with van der Waals surface area (Å²) in [5.41, 5.74) is 1.24. The van der Waals surface area contributed by atoms with Crippen molar-refractivity contribution in [3.8, 4) is 0 Å². The van der Waals surface area contributed by atoms with Gasteiger partial charge < -0.3 is 10.2 Å². The van der Waals surface area contributed by atoms with Gasteiger partial charge in [0.2, 0.25) is 0 Å². The van der Waals surface area contributed by atoms with Crippen LogP contribution in [0.4, 0.5) is 0 Å². The number of aryl methyl sites for hydroxylation is 1. The van der Waals surface area contributed by atoms with Gasteiger partial charge in [-0.05, 0) is 51.4 Å². The van der Waals surface area contributed by atoms with Crippen LogP contribution in [0.2, 0.25) is 0 Å². The van der Waals surface area contributed by atoms with E-state index in [1.165, 1.54) is 38.0 Å². The van der Waals surface area contributed by atoms with Crippen LogP contribution in [0, 0.1) is 12.8 Å². The molecule has 96 valence electrons. The number of likely N-dealkylation sites (N-methyl/N-ethyl adjacent to an activating group) is 1. The van der Waals surface area contributed by atoms with E-state index in [1.54, 1.807) is 0 Å². The van der Waals surface area contributed by atoms with Crippen LogP contribution in [0.5, 0.6) is 0 Å². The van der Waals surface area contributed by atoms with Crippen LogP contribution in [0.1, 0.15) is 18.4 Å². The second-order valence-corrected chi connectivity index (χ2v) is 5.26. The molecule has 1 N–H and O–H groups in total. The molecule has 0 radical (unpaired) electrons. The van der Waals surface area contributed by atoms with Gasteiger partial charge in [0.25, 0.3) is 0 Å². The number of aromatic nitrogens is 2. The third-order valence-electron chi connectivity index (χ3n) is 3.44. The molecule has 1 atom stereocenters. The Morgan fingerprint density at radius 3 is 3.12 bits per heavy atom. The second kappa shape index (κ2) is 6.17. The predicted octanol–water partition coefficient (Wildman–Crippen LogP) is 1.12. The van der Waals surface area contributed by atoms with E-state index in [0.717, 1.165) is 19.0 Å². The topological polar surface area (TPSA) is 33.1 Å². The Morgan fingerprint density at radius 1 is 1.59 bits per heavy atom. The lowest BCUT2D eigenvalue weighted by atomic mass is 9.99. The number of hydrogen-bond acceptors (Lipinski definition) is 3. The molecule has 0 saturated carbocycles. The Hall–Kier alpha value is -0.870. The Labute approximate surface area is 104 Å². The fourth-order valence-electron chi connectivity index (χ4n) is 2.47. The Morgan fingerprint density at radius 2 is 2.47 bits per heavy atom. The van der Waals surface area contributed by atoms with Gasteiger partial charge in [-0.15, -0.1) is 0 Å². The van der Waals surface area contributed by atoms with Gasteiger partial charge in [0.15, 0.2) is 0 Å². The first-order valence-corrected chi connectivity index (χ1v) is 6.62. The molecular weight excluding hydrogens is 212 g/mol. The maximum Gasteiger partial charge on any atom is 0.0536 e. The number of rotatable bonds is 5. The van der Waals surface area contributed by atoms with Crippen molar-refractivity contribution in [3.05, 3.63) is 18.0 Å². The average Bonchev–Trinajstić information content (AvgIpc) is 2.74. The molecule has 0 amide bonds. The molecular formula is C13H24N4. The van der Waals surface area contributed by atoms with E-state index in [4.69, 9.17) is 0 Å². The molecule has 0 aliphatic carbocycles. The van der Waals surface area contributed by atoms with Crippen molar-refractivity contribution in [1.29, 1.82) is 0 Å². The lowest BCUT2D eigenvalue weighted by Gasteiger charge is -2.27. The minimum atomic E-state index is 0.827. The van der Waals surface area contributed by atoms with E-state index in [2.05, 4.69) is 35.5 Å². The zero-order chi connectivity index (χ0) is 12.1. The molecule has 0 aromatic carbocycles. The van der Waals surface area contributed by atoms with Crippen LogP contribution in [-0.2, 0) is 6.54 Å². The number of piperidine rings is 1. The molecule has 1 aromatic rings. The standard InChI is InChI=1S/C13H24N4/c1-12-8-15-17(10-12)7-6-16(2)11-13-4-3-5-14-9-13/h8,10,13-14H,3-7,9,11H2,1-2H3. The van der Waals surface area contributed by atoms with Crippen LogP contribution in [0.15, 0.2) is 12.4 Å². The molecule has 0 spiro atoms. The fourth-order valence-corrected chi connectivity index (χ4v) is 2.47. The summed E-state index contributed by atoms with van der Waals surface area (Å²) in [6.45, 7) is 7.74. The molecule has 2 rings (SSSR count). The summed E-state index contributed by atoms with van der Waals surface area (Å²) >= 11 is 0. The fraction of sp³-hybridized carbons (Fsp3) is 0.769. The van der Waals surface area contributed by atoms with Crippen molar-refractivity contribution in [1.82, 2.24) is 20.0 Å². The van der Waals surface area contributed by atoms with Crippen LogP contribution < -0.4 is 5.32 Å². The highest BCUT2D eigenvalue weighted by Gasteiger charge is 2.14. The van der Waals surface area contributed by atoms with E-state index >= 15 is 0 Å². The minimum absolute atomic E-state index is 0.827. The van der Waals surface area contributed by atoms with Gasteiger partial charge >= 0.3 is 0 Å². The first-order valence-electron chi connectivity index (χ1n) is 6.62. The smallest absolute Gasteiger partial charge is 0.0536 e. The highest BCUT2D eigenvalue weighted by atomic mass is 15.3. The molecule has 2 heterocycles. The maximum absolute atomic E-state index is 4.31. The lowest BCUT2D eigenvalue weighted by Crippen LogP contribution is -2.37. The number of nitrogens with one attached hydrogen (secondary N) is 1. The maximum atomic E-state index is 4.31. The molecule has 1 aliphatic heterocycles. The van der Waals surface area contributed by atoms with E-state index in [1.807, 2.05) is 10.9 Å². The molecule has 4 nitrogen and oxygen atoms in total. The first-order chi connectivity index (χ1) is 8.24. The largest absolute Gasteiger partial charge is 0.316 e. The van der Waals surface area contributed by atoms with Gasteiger partial charge in [0.05, 0.1) is 12.7 Å². The SMILES string of the molecule is Cc1cnn(CCN(C)CC2CCCNC2)c1. The quantitative estimate of drug-likeness (QED) is 0.832. The van der Waals surface area contributed by atoms with Crippen molar-refractivity contribution in [2.45, 2.75) is 26.3 Å². The molecule has 0 bridgehead atoms. The summed E-state index contributed by atoms with van der Waals surface area (Å²) in [6.07, 6.45) is 6.73. The van der Waals surface area contributed by atoms with Crippen molar-refractivity contribution in [2.24, 2.45) is 5.92 Å². The van der Waals surface area contributed by atoms with Crippen LogP contribution in [0.25, 0.3) is 0 Å². The summed E-state index contributed by atoms with van der Waals surface area (Å²) < 4.78 is 2.03. The lowest BCUT2D eigenvalue weighted by molar-refractivity contribution is 0.234. The Kier molecular flexibility index (Phi) is 4.57. The van der Waals surface area contributed by atoms with E-state index in [-0.39, 0.29) is 0 Å². The Bertz CT molecular complexity index is 328. The summed E-state index contributed by atoms with van der Waals surface area (Å²) in [4.78, 5) is 2.43. The number of hydrogen-bond donors (Lipinski definition) is 1. The van der Waals surface area contributed by atoms with Crippen LogP contribution in [-0.4, -0.2) is 47.9 Å². The van der Waals surface area contributed by atoms with Crippen molar-refractivity contribution < 1.29 is 0 Å². The van der Waals surface area contributed by atoms with Crippen molar-refractivity contribution >= 4 is 0 Å².